The van der Waals surface area contributed by atoms with E-state index in [1.54, 1.807) is 11.3 Å². The highest BCUT2D eigenvalue weighted by Crippen LogP contribution is 2.28. The van der Waals surface area contributed by atoms with E-state index in [2.05, 4.69) is 10.4 Å². The summed E-state index contributed by atoms with van der Waals surface area (Å²) in [7, 11) is 0. The smallest absolute Gasteiger partial charge is 0.0927 e. The molecule has 0 radical (unpaired) electrons. The van der Waals surface area contributed by atoms with Crippen LogP contribution < -0.4 is 0 Å². The van der Waals surface area contributed by atoms with Crippen LogP contribution in [0.25, 0.3) is 0 Å². The van der Waals surface area contributed by atoms with Crippen molar-refractivity contribution in [1.82, 2.24) is 4.98 Å². The number of nitrogens with zero attached hydrogens (tertiary/aromatic N) is 1. The Bertz CT molecular complexity index is 199. The zero-order valence-electron chi connectivity index (χ0n) is 6.62. The van der Waals surface area contributed by atoms with E-state index < -0.39 is 0 Å². The summed E-state index contributed by atoms with van der Waals surface area (Å²) in [5.41, 5.74) is 0. The third kappa shape index (κ3) is 1.80. The van der Waals surface area contributed by atoms with Crippen LogP contribution in [0.3, 0.4) is 0 Å². The third-order valence-electron chi connectivity index (χ3n) is 2.42. The maximum Gasteiger partial charge on any atom is 0.0927 e. The van der Waals surface area contributed by atoms with Gasteiger partial charge in [0.15, 0.2) is 0 Å². The minimum absolute atomic E-state index is 0.946. The summed E-state index contributed by atoms with van der Waals surface area (Å²) < 4.78 is 0. The minimum atomic E-state index is 0.946. The van der Waals surface area contributed by atoms with E-state index in [0.717, 1.165) is 5.92 Å². The van der Waals surface area contributed by atoms with Gasteiger partial charge in [-0.25, -0.2) is 4.98 Å². The SMILES string of the molecule is c1csc(CC2CCCC2)n1. The monoisotopic (exact) mass is 167 g/mol. The molecule has 0 amide bonds. The van der Waals surface area contributed by atoms with Gasteiger partial charge >= 0.3 is 0 Å². The van der Waals surface area contributed by atoms with Crippen molar-refractivity contribution in [3.63, 3.8) is 0 Å². The second-order valence-corrected chi connectivity index (χ2v) is 4.26. The highest BCUT2D eigenvalue weighted by atomic mass is 32.1. The predicted octanol–water partition coefficient (Wildman–Crippen LogP) is 2.88. The number of thiazole rings is 1. The van der Waals surface area contributed by atoms with Crippen LogP contribution in [-0.2, 0) is 6.42 Å². The van der Waals surface area contributed by atoms with Crippen LogP contribution in [0.4, 0.5) is 0 Å². The van der Waals surface area contributed by atoms with Gasteiger partial charge in [0, 0.05) is 18.0 Å². The number of rotatable bonds is 2. The molecule has 0 spiro atoms. The second kappa shape index (κ2) is 3.35. The third-order valence-corrected chi connectivity index (χ3v) is 3.22. The lowest BCUT2D eigenvalue weighted by Gasteiger charge is -2.03. The molecule has 1 aliphatic rings. The summed E-state index contributed by atoms with van der Waals surface area (Å²) >= 11 is 1.80. The lowest BCUT2D eigenvalue weighted by atomic mass is 10.1. The quantitative estimate of drug-likeness (QED) is 0.660. The van der Waals surface area contributed by atoms with Gasteiger partial charge in [-0.2, -0.15) is 0 Å². The van der Waals surface area contributed by atoms with Gasteiger partial charge in [0.2, 0.25) is 0 Å². The maximum absolute atomic E-state index is 4.30. The van der Waals surface area contributed by atoms with E-state index in [9.17, 15) is 0 Å². The van der Waals surface area contributed by atoms with Crippen molar-refractivity contribution < 1.29 is 0 Å². The van der Waals surface area contributed by atoms with E-state index in [0.29, 0.717) is 0 Å². The van der Waals surface area contributed by atoms with E-state index >= 15 is 0 Å². The first-order valence-corrected chi connectivity index (χ1v) is 5.21. The molecule has 1 nitrogen and oxygen atoms in total. The van der Waals surface area contributed by atoms with Crippen molar-refractivity contribution in [2.75, 3.05) is 0 Å². The molecule has 1 aromatic heterocycles. The Morgan fingerprint density at radius 3 is 2.91 bits per heavy atom. The molecule has 1 aromatic rings. The first-order valence-electron chi connectivity index (χ1n) is 4.33. The number of aromatic nitrogens is 1. The summed E-state index contributed by atoms with van der Waals surface area (Å²) in [6, 6.07) is 0. The van der Waals surface area contributed by atoms with Crippen molar-refractivity contribution in [3.05, 3.63) is 16.6 Å². The Labute approximate surface area is 71.5 Å². The van der Waals surface area contributed by atoms with Gasteiger partial charge in [-0.1, -0.05) is 25.7 Å². The molecule has 11 heavy (non-hydrogen) atoms. The molecule has 1 saturated carbocycles. The molecule has 0 saturated heterocycles. The molecule has 0 aliphatic heterocycles. The Balaban J connectivity index is 1.90. The fourth-order valence-corrected chi connectivity index (χ4v) is 2.55. The molecule has 2 rings (SSSR count). The molecular formula is C9H13NS. The Hall–Kier alpha value is -0.370. The van der Waals surface area contributed by atoms with E-state index in [1.165, 1.54) is 37.1 Å². The van der Waals surface area contributed by atoms with Gasteiger partial charge in [-0.15, -0.1) is 11.3 Å². The second-order valence-electron chi connectivity index (χ2n) is 3.28. The van der Waals surface area contributed by atoms with E-state index in [4.69, 9.17) is 0 Å². The maximum atomic E-state index is 4.30. The predicted molar refractivity (Wildman–Crippen MR) is 47.8 cm³/mol. The van der Waals surface area contributed by atoms with Crippen molar-refractivity contribution in [3.8, 4) is 0 Å². The average molecular weight is 167 g/mol. The van der Waals surface area contributed by atoms with E-state index in [-0.39, 0.29) is 0 Å². The zero-order valence-corrected chi connectivity index (χ0v) is 7.44. The standard InChI is InChI=1S/C9H13NS/c1-2-4-8(3-1)7-9-10-5-6-11-9/h5-6,8H,1-4,7H2. The molecule has 1 fully saturated rings. The molecule has 2 heteroatoms. The van der Waals surface area contributed by atoms with Crippen LogP contribution >= 0.6 is 11.3 Å². The number of hydrogen-bond donors (Lipinski definition) is 0. The van der Waals surface area contributed by atoms with Gasteiger partial charge in [0.25, 0.3) is 0 Å². The Morgan fingerprint density at radius 1 is 1.45 bits per heavy atom. The van der Waals surface area contributed by atoms with Gasteiger partial charge in [-0.3, -0.25) is 0 Å². The normalized spacial score (nSPS) is 19.3. The van der Waals surface area contributed by atoms with Gasteiger partial charge in [-0.05, 0) is 5.92 Å². The Kier molecular flexibility index (Phi) is 2.22. The van der Waals surface area contributed by atoms with Gasteiger partial charge in [0.05, 0.1) is 5.01 Å². The number of hydrogen-bond acceptors (Lipinski definition) is 2. The van der Waals surface area contributed by atoms with Crippen molar-refractivity contribution in [2.24, 2.45) is 5.92 Å². The summed E-state index contributed by atoms with van der Waals surface area (Å²) in [6.07, 6.45) is 8.89. The largest absolute Gasteiger partial charge is 0.250 e. The topological polar surface area (TPSA) is 12.9 Å². The lowest BCUT2D eigenvalue weighted by molar-refractivity contribution is 0.545. The van der Waals surface area contributed by atoms with Crippen LogP contribution in [0.5, 0.6) is 0 Å². The molecule has 0 aromatic carbocycles. The first kappa shape index (κ1) is 7.29. The van der Waals surface area contributed by atoms with Crippen molar-refractivity contribution in [1.29, 1.82) is 0 Å². The molecule has 1 heterocycles. The first-order chi connectivity index (χ1) is 5.45. The van der Waals surface area contributed by atoms with Crippen LogP contribution in [0.1, 0.15) is 30.7 Å². The fraction of sp³-hybridized carbons (Fsp3) is 0.667. The summed E-state index contributed by atoms with van der Waals surface area (Å²) in [6.45, 7) is 0. The highest BCUT2D eigenvalue weighted by molar-refractivity contribution is 7.09. The average Bonchev–Trinajstić information content (AvgIpc) is 2.60. The highest BCUT2D eigenvalue weighted by Gasteiger charge is 2.15. The summed E-state index contributed by atoms with van der Waals surface area (Å²) in [5.74, 6) is 0.946. The van der Waals surface area contributed by atoms with Gasteiger partial charge in [0.1, 0.15) is 0 Å². The molecule has 0 unspecified atom stereocenters. The molecule has 0 atom stereocenters. The zero-order chi connectivity index (χ0) is 7.52. The molecular weight excluding hydrogens is 154 g/mol. The van der Waals surface area contributed by atoms with Crippen molar-refractivity contribution >= 4 is 11.3 Å². The molecule has 0 N–H and O–H groups in total. The van der Waals surface area contributed by atoms with Crippen LogP contribution in [0.15, 0.2) is 11.6 Å². The minimum Gasteiger partial charge on any atom is -0.250 e. The fourth-order valence-electron chi connectivity index (χ4n) is 1.82. The summed E-state index contributed by atoms with van der Waals surface area (Å²) in [5, 5.41) is 3.40. The molecule has 60 valence electrons. The molecule has 0 bridgehead atoms. The van der Waals surface area contributed by atoms with Gasteiger partial charge < -0.3 is 0 Å². The van der Waals surface area contributed by atoms with E-state index in [1.807, 2.05) is 6.20 Å². The van der Waals surface area contributed by atoms with Crippen LogP contribution in [-0.4, -0.2) is 4.98 Å². The lowest BCUT2D eigenvalue weighted by Crippen LogP contribution is -1.97. The van der Waals surface area contributed by atoms with Crippen LogP contribution in [0, 0.1) is 5.92 Å². The summed E-state index contributed by atoms with van der Waals surface area (Å²) in [4.78, 5) is 4.30. The van der Waals surface area contributed by atoms with Crippen LogP contribution in [0.2, 0.25) is 0 Å². The Morgan fingerprint density at radius 2 is 2.27 bits per heavy atom. The molecule has 1 aliphatic carbocycles. The van der Waals surface area contributed by atoms with Crippen molar-refractivity contribution in [2.45, 2.75) is 32.1 Å².